The molecular weight excluding hydrogens is 322 g/mol. The summed E-state index contributed by atoms with van der Waals surface area (Å²) in [5, 5.41) is 17.4. The highest BCUT2D eigenvalue weighted by atomic mass is 32.2. The molecule has 24 heavy (non-hydrogen) atoms. The van der Waals surface area contributed by atoms with E-state index in [1.807, 2.05) is 49.4 Å². The fraction of sp³-hybridized carbons (Fsp3) is 0.167. The summed E-state index contributed by atoms with van der Waals surface area (Å²) >= 11 is 1.43. The summed E-state index contributed by atoms with van der Waals surface area (Å²) in [6, 6.07) is 17.4. The van der Waals surface area contributed by atoms with Crippen LogP contribution in [0.1, 0.15) is 22.6 Å². The Bertz CT molecular complexity index is 870. The van der Waals surface area contributed by atoms with Gasteiger partial charge in [-0.25, -0.2) is 0 Å². The number of benzene rings is 2. The van der Waals surface area contributed by atoms with Crippen molar-refractivity contribution in [2.24, 2.45) is 0 Å². The van der Waals surface area contributed by atoms with E-state index in [9.17, 15) is 0 Å². The van der Waals surface area contributed by atoms with Crippen LogP contribution in [-0.2, 0) is 12.4 Å². The van der Waals surface area contributed by atoms with Crippen LogP contribution in [0.2, 0.25) is 0 Å². The van der Waals surface area contributed by atoms with Crippen molar-refractivity contribution in [3.63, 3.8) is 0 Å². The van der Waals surface area contributed by atoms with Crippen molar-refractivity contribution < 1.29 is 9.15 Å². The first-order chi connectivity index (χ1) is 11.7. The third-order valence-corrected chi connectivity index (χ3v) is 4.11. The highest BCUT2D eigenvalue weighted by molar-refractivity contribution is 7.98. The first kappa shape index (κ1) is 16.1. The van der Waals surface area contributed by atoms with Crippen LogP contribution in [0.5, 0.6) is 5.75 Å². The highest BCUT2D eigenvalue weighted by Gasteiger charge is 2.08. The standard InChI is InChI=1S/C18H15N3O2S/c1-13-4-2-7-16(8-13)22-11-17-20-21-18(23-17)24-12-15-6-3-5-14(9-15)10-19/h2-9H,11-12H2,1H3. The van der Waals surface area contributed by atoms with E-state index in [1.165, 1.54) is 11.8 Å². The van der Waals surface area contributed by atoms with E-state index in [-0.39, 0.29) is 6.61 Å². The molecule has 0 spiro atoms. The molecule has 0 aliphatic rings. The van der Waals surface area contributed by atoms with E-state index in [1.54, 1.807) is 6.07 Å². The number of aryl methyl sites for hydroxylation is 1. The van der Waals surface area contributed by atoms with Crippen molar-refractivity contribution in [2.75, 3.05) is 0 Å². The third kappa shape index (κ3) is 4.37. The van der Waals surface area contributed by atoms with Gasteiger partial charge in [-0.05, 0) is 42.3 Å². The minimum absolute atomic E-state index is 0.237. The van der Waals surface area contributed by atoms with E-state index < -0.39 is 0 Å². The lowest BCUT2D eigenvalue weighted by Gasteiger charge is -2.03. The van der Waals surface area contributed by atoms with Crippen LogP contribution in [0.15, 0.2) is 58.2 Å². The van der Waals surface area contributed by atoms with E-state index >= 15 is 0 Å². The lowest BCUT2D eigenvalue weighted by atomic mass is 10.2. The molecule has 0 aliphatic heterocycles. The molecule has 0 saturated heterocycles. The monoisotopic (exact) mass is 337 g/mol. The molecule has 3 aromatic rings. The molecule has 0 saturated carbocycles. The van der Waals surface area contributed by atoms with E-state index in [0.29, 0.717) is 22.4 Å². The first-order valence-electron chi connectivity index (χ1n) is 7.36. The zero-order chi connectivity index (χ0) is 16.8. The van der Waals surface area contributed by atoms with Crippen molar-refractivity contribution in [1.82, 2.24) is 10.2 Å². The quantitative estimate of drug-likeness (QED) is 0.630. The Labute approximate surface area is 144 Å². The van der Waals surface area contributed by atoms with Gasteiger partial charge in [-0.15, -0.1) is 10.2 Å². The Morgan fingerprint density at radius 2 is 2.04 bits per heavy atom. The van der Waals surface area contributed by atoms with Crippen LogP contribution in [-0.4, -0.2) is 10.2 Å². The van der Waals surface area contributed by atoms with Gasteiger partial charge in [-0.3, -0.25) is 0 Å². The topological polar surface area (TPSA) is 71.9 Å². The average molecular weight is 337 g/mol. The van der Waals surface area contributed by atoms with Gasteiger partial charge in [-0.1, -0.05) is 36.0 Å². The third-order valence-electron chi connectivity index (χ3n) is 3.22. The van der Waals surface area contributed by atoms with Crippen molar-refractivity contribution in [1.29, 1.82) is 5.26 Å². The van der Waals surface area contributed by atoms with E-state index in [4.69, 9.17) is 14.4 Å². The first-order valence-corrected chi connectivity index (χ1v) is 8.35. The Morgan fingerprint density at radius 1 is 1.17 bits per heavy atom. The van der Waals surface area contributed by atoms with Gasteiger partial charge >= 0.3 is 0 Å². The molecule has 1 aromatic heterocycles. The summed E-state index contributed by atoms with van der Waals surface area (Å²) in [4.78, 5) is 0. The van der Waals surface area contributed by atoms with Crippen molar-refractivity contribution in [2.45, 2.75) is 24.5 Å². The molecule has 2 aromatic carbocycles. The smallest absolute Gasteiger partial charge is 0.277 e. The summed E-state index contributed by atoms with van der Waals surface area (Å²) in [7, 11) is 0. The number of hydrogen-bond acceptors (Lipinski definition) is 6. The molecule has 0 N–H and O–H groups in total. The van der Waals surface area contributed by atoms with Crippen LogP contribution >= 0.6 is 11.8 Å². The molecule has 1 heterocycles. The predicted octanol–water partition coefficient (Wildman–Crippen LogP) is 4.12. The summed E-state index contributed by atoms with van der Waals surface area (Å²) in [6.07, 6.45) is 0. The molecule has 0 aliphatic carbocycles. The van der Waals surface area contributed by atoms with Crippen LogP contribution in [0, 0.1) is 18.3 Å². The summed E-state index contributed by atoms with van der Waals surface area (Å²) in [5.74, 6) is 1.87. The highest BCUT2D eigenvalue weighted by Crippen LogP contribution is 2.22. The predicted molar refractivity (Wildman–Crippen MR) is 90.5 cm³/mol. The number of nitrogens with zero attached hydrogens (tertiary/aromatic N) is 3. The molecule has 3 rings (SSSR count). The largest absolute Gasteiger partial charge is 0.484 e. The molecule has 0 amide bonds. The SMILES string of the molecule is Cc1cccc(OCc2nnc(SCc3cccc(C#N)c3)o2)c1. The normalized spacial score (nSPS) is 10.3. The lowest BCUT2D eigenvalue weighted by molar-refractivity contribution is 0.252. The second-order valence-electron chi connectivity index (χ2n) is 5.17. The van der Waals surface area contributed by atoms with Crippen LogP contribution < -0.4 is 4.74 Å². The summed E-state index contributed by atoms with van der Waals surface area (Å²) in [6.45, 7) is 2.25. The molecule has 0 atom stereocenters. The summed E-state index contributed by atoms with van der Waals surface area (Å²) < 4.78 is 11.2. The number of ether oxygens (including phenoxy) is 1. The minimum Gasteiger partial charge on any atom is -0.484 e. The molecule has 120 valence electrons. The Morgan fingerprint density at radius 3 is 2.88 bits per heavy atom. The van der Waals surface area contributed by atoms with Crippen LogP contribution in [0.4, 0.5) is 0 Å². The second kappa shape index (κ2) is 7.66. The molecule has 0 unspecified atom stereocenters. The minimum atomic E-state index is 0.237. The van der Waals surface area contributed by atoms with Crippen molar-refractivity contribution in [3.05, 3.63) is 71.1 Å². The number of nitriles is 1. The zero-order valence-corrected chi connectivity index (χ0v) is 13.9. The van der Waals surface area contributed by atoms with Crippen molar-refractivity contribution >= 4 is 11.8 Å². The fourth-order valence-corrected chi connectivity index (χ4v) is 2.80. The maximum absolute atomic E-state index is 8.91. The number of hydrogen-bond donors (Lipinski definition) is 0. The van der Waals surface area contributed by atoms with Gasteiger partial charge in [0.15, 0.2) is 6.61 Å². The van der Waals surface area contributed by atoms with Crippen molar-refractivity contribution in [3.8, 4) is 11.8 Å². The second-order valence-corrected chi connectivity index (χ2v) is 6.09. The molecule has 0 fully saturated rings. The van der Waals surface area contributed by atoms with Crippen LogP contribution in [0.3, 0.4) is 0 Å². The molecule has 5 nitrogen and oxygen atoms in total. The average Bonchev–Trinajstić information content (AvgIpc) is 3.06. The number of thioether (sulfide) groups is 1. The fourth-order valence-electron chi connectivity index (χ4n) is 2.08. The Hall–Kier alpha value is -2.78. The Balaban J connectivity index is 1.54. The van der Waals surface area contributed by atoms with E-state index in [0.717, 1.165) is 16.9 Å². The number of aromatic nitrogens is 2. The molecular formula is C18H15N3O2S. The van der Waals surface area contributed by atoms with E-state index in [2.05, 4.69) is 16.3 Å². The maximum Gasteiger partial charge on any atom is 0.277 e. The van der Waals surface area contributed by atoms with Gasteiger partial charge in [-0.2, -0.15) is 5.26 Å². The molecule has 0 bridgehead atoms. The zero-order valence-electron chi connectivity index (χ0n) is 13.1. The van der Waals surface area contributed by atoms with Crippen LogP contribution in [0.25, 0.3) is 0 Å². The van der Waals surface area contributed by atoms with Gasteiger partial charge in [0.25, 0.3) is 11.1 Å². The lowest BCUT2D eigenvalue weighted by Crippen LogP contribution is -1.95. The Kier molecular flexibility index (Phi) is 5.14. The van der Waals surface area contributed by atoms with Gasteiger partial charge in [0.05, 0.1) is 11.6 Å². The molecule has 6 heteroatoms. The summed E-state index contributed by atoms with van der Waals surface area (Å²) in [5.41, 5.74) is 2.81. The molecule has 0 radical (unpaired) electrons. The van der Waals surface area contributed by atoms with Gasteiger partial charge in [0.1, 0.15) is 5.75 Å². The van der Waals surface area contributed by atoms with Gasteiger partial charge < -0.3 is 9.15 Å². The van der Waals surface area contributed by atoms with Gasteiger partial charge in [0, 0.05) is 5.75 Å². The maximum atomic E-state index is 8.91. The number of rotatable bonds is 6. The van der Waals surface area contributed by atoms with Gasteiger partial charge in [0.2, 0.25) is 0 Å².